The second-order valence-corrected chi connectivity index (χ2v) is 6.02. The number of anilines is 1. The van der Waals surface area contributed by atoms with Gasteiger partial charge in [-0.05, 0) is 51.2 Å². The van der Waals surface area contributed by atoms with E-state index in [0.29, 0.717) is 29.8 Å². The molecule has 1 atom stereocenters. The normalized spacial score (nSPS) is 17.3. The quantitative estimate of drug-likeness (QED) is 0.870. The maximum Gasteiger partial charge on any atom is 0.256 e. The summed E-state index contributed by atoms with van der Waals surface area (Å²) in [6, 6.07) is 7.27. The Morgan fingerprint density at radius 2 is 2.13 bits per heavy atom. The van der Waals surface area contributed by atoms with Crippen LogP contribution in [0, 0.1) is 11.3 Å². The molecule has 1 saturated carbocycles. The predicted molar refractivity (Wildman–Crippen MR) is 88.4 cm³/mol. The number of ether oxygens (including phenoxy) is 2. The zero-order chi connectivity index (χ0) is 16.9. The first-order valence-electron chi connectivity index (χ1n) is 8.12. The van der Waals surface area contributed by atoms with Crippen LogP contribution in [0.2, 0.25) is 0 Å². The summed E-state index contributed by atoms with van der Waals surface area (Å²) in [4.78, 5) is 12.6. The number of hydrogen-bond acceptors (Lipinski definition) is 4. The van der Waals surface area contributed by atoms with Crippen LogP contribution in [0.5, 0.6) is 5.75 Å². The van der Waals surface area contributed by atoms with E-state index in [1.165, 1.54) is 0 Å². The van der Waals surface area contributed by atoms with E-state index in [4.69, 9.17) is 9.47 Å². The van der Waals surface area contributed by atoms with Crippen LogP contribution in [-0.2, 0) is 9.53 Å². The van der Waals surface area contributed by atoms with Gasteiger partial charge in [-0.2, -0.15) is 5.26 Å². The molecule has 1 aromatic carbocycles. The summed E-state index contributed by atoms with van der Waals surface area (Å²) in [6.07, 6.45) is 4.36. The van der Waals surface area contributed by atoms with Crippen LogP contribution in [0.4, 0.5) is 5.69 Å². The van der Waals surface area contributed by atoms with Gasteiger partial charge in [-0.15, -0.1) is 0 Å². The summed E-state index contributed by atoms with van der Waals surface area (Å²) in [5.74, 6) is 0.459. The molecular weight excluding hydrogens is 292 g/mol. The molecule has 1 fully saturated rings. The maximum absolute atomic E-state index is 12.6. The Bertz CT molecular complexity index is 601. The van der Waals surface area contributed by atoms with Crippen molar-refractivity contribution in [3.05, 3.63) is 23.8 Å². The van der Waals surface area contributed by atoms with Crippen molar-refractivity contribution in [1.29, 1.82) is 5.26 Å². The van der Waals surface area contributed by atoms with Crippen LogP contribution >= 0.6 is 0 Å². The zero-order valence-corrected chi connectivity index (χ0v) is 14.0. The highest BCUT2D eigenvalue weighted by Gasteiger charge is 2.41. The van der Waals surface area contributed by atoms with E-state index in [1.807, 2.05) is 13.8 Å². The molecule has 0 aliphatic heterocycles. The number of carbonyl (C=O) groups is 1. The molecule has 124 valence electrons. The molecule has 5 nitrogen and oxygen atoms in total. The van der Waals surface area contributed by atoms with Gasteiger partial charge >= 0.3 is 0 Å². The second-order valence-electron chi connectivity index (χ2n) is 6.02. The van der Waals surface area contributed by atoms with E-state index in [1.54, 1.807) is 25.3 Å². The van der Waals surface area contributed by atoms with Crippen molar-refractivity contribution >= 4 is 11.6 Å². The molecule has 0 saturated heterocycles. The van der Waals surface area contributed by atoms with Crippen LogP contribution in [-0.4, -0.2) is 24.7 Å². The lowest BCUT2D eigenvalue weighted by Crippen LogP contribution is -2.42. The maximum atomic E-state index is 12.6. The van der Waals surface area contributed by atoms with E-state index < -0.39 is 5.60 Å². The number of benzene rings is 1. The largest absolute Gasteiger partial charge is 0.491 e. The molecule has 1 amide bonds. The molecule has 2 rings (SSSR count). The van der Waals surface area contributed by atoms with Gasteiger partial charge in [0, 0.05) is 13.2 Å². The first kappa shape index (κ1) is 17.3. The highest BCUT2D eigenvalue weighted by atomic mass is 16.5. The Kier molecular flexibility index (Phi) is 5.62. The number of nitriles is 1. The van der Waals surface area contributed by atoms with Crippen LogP contribution in [0.1, 0.15) is 51.5 Å². The Balaban J connectivity index is 2.16. The lowest BCUT2D eigenvalue weighted by Gasteiger charge is -2.26. The topological polar surface area (TPSA) is 71.3 Å². The number of carbonyl (C=O) groups excluding carboxylic acids is 1. The molecule has 1 aliphatic rings. The molecule has 0 spiro atoms. The van der Waals surface area contributed by atoms with Gasteiger partial charge in [-0.1, -0.05) is 6.92 Å². The van der Waals surface area contributed by atoms with Crippen LogP contribution in [0.3, 0.4) is 0 Å². The number of hydrogen-bond donors (Lipinski definition) is 1. The Labute approximate surface area is 137 Å². The summed E-state index contributed by atoms with van der Waals surface area (Å²) in [7, 11) is 1.57. The van der Waals surface area contributed by atoms with Gasteiger partial charge in [-0.3, -0.25) is 4.79 Å². The highest BCUT2D eigenvalue weighted by molar-refractivity contribution is 5.98. The van der Waals surface area contributed by atoms with Gasteiger partial charge in [0.25, 0.3) is 5.91 Å². The van der Waals surface area contributed by atoms with Gasteiger partial charge in [0.05, 0.1) is 17.4 Å². The van der Waals surface area contributed by atoms with Crippen LogP contribution in [0.15, 0.2) is 18.2 Å². The fraction of sp³-hybridized carbons (Fsp3) is 0.556. The minimum absolute atomic E-state index is 0.0808. The third-order valence-corrected chi connectivity index (χ3v) is 4.49. The Morgan fingerprint density at radius 3 is 2.70 bits per heavy atom. The molecule has 0 radical (unpaired) electrons. The number of nitrogens with zero attached hydrogens (tertiary/aromatic N) is 1. The lowest BCUT2D eigenvalue weighted by atomic mass is 10.0. The van der Waals surface area contributed by atoms with E-state index in [-0.39, 0.29) is 12.0 Å². The molecular formula is C18H24N2O3. The highest BCUT2D eigenvalue weighted by Crippen LogP contribution is 2.34. The van der Waals surface area contributed by atoms with Gasteiger partial charge < -0.3 is 14.8 Å². The van der Waals surface area contributed by atoms with Gasteiger partial charge in [0.2, 0.25) is 0 Å². The minimum Gasteiger partial charge on any atom is -0.491 e. The average molecular weight is 316 g/mol. The van der Waals surface area contributed by atoms with Crippen molar-refractivity contribution in [3.63, 3.8) is 0 Å². The number of methoxy groups -OCH3 is 1. The van der Waals surface area contributed by atoms with E-state index in [0.717, 1.165) is 19.3 Å². The molecule has 23 heavy (non-hydrogen) atoms. The van der Waals surface area contributed by atoms with Crippen molar-refractivity contribution in [2.24, 2.45) is 0 Å². The third kappa shape index (κ3) is 3.83. The molecule has 0 bridgehead atoms. The predicted octanol–water partition coefficient (Wildman–Crippen LogP) is 3.63. The molecule has 0 unspecified atom stereocenters. The van der Waals surface area contributed by atoms with Crippen molar-refractivity contribution in [2.45, 2.75) is 57.7 Å². The molecule has 0 heterocycles. The lowest BCUT2D eigenvalue weighted by molar-refractivity contribution is -0.137. The molecule has 1 aliphatic carbocycles. The smallest absolute Gasteiger partial charge is 0.256 e. The Hall–Kier alpha value is -2.06. The van der Waals surface area contributed by atoms with E-state index in [9.17, 15) is 10.1 Å². The molecule has 1 N–H and O–H groups in total. The first-order valence-corrected chi connectivity index (χ1v) is 8.12. The summed E-state index contributed by atoms with van der Waals surface area (Å²) in [5.41, 5.74) is 0.124. The summed E-state index contributed by atoms with van der Waals surface area (Å²) < 4.78 is 11.2. The van der Waals surface area contributed by atoms with E-state index >= 15 is 0 Å². The van der Waals surface area contributed by atoms with Gasteiger partial charge in [-0.25, -0.2) is 0 Å². The second kappa shape index (κ2) is 7.47. The number of amides is 1. The van der Waals surface area contributed by atoms with Crippen molar-refractivity contribution in [2.75, 3.05) is 12.4 Å². The summed E-state index contributed by atoms with van der Waals surface area (Å²) >= 11 is 0. The monoisotopic (exact) mass is 316 g/mol. The zero-order valence-electron chi connectivity index (χ0n) is 14.0. The minimum atomic E-state index is -0.765. The fourth-order valence-corrected chi connectivity index (χ4v) is 2.82. The Morgan fingerprint density at radius 1 is 1.43 bits per heavy atom. The van der Waals surface area contributed by atoms with E-state index in [2.05, 4.69) is 11.4 Å². The molecule has 5 heteroatoms. The van der Waals surface area contributed by atoms with Crippen LogP contribution < -0.4 is 10.1 Å². The first-order chi connectivity index (χ1) is 11.0. The SMILES string of the molecule is CC[C@H](C)Oc1ccc(NC(=O)C2(OC)CCCC2)c(C#N)c1. The molecule has 1 aromatic rings. The standard InChI is InChI=1S/C18H24N2O3/c1-4-13(2)23-15-7-8-16(14(11-15)12-19)20-17(21)18(22-3)9-5-6-10-18/h7-8,11,13H,4-6,9-10H2,1-3H3,(H,20,21)/t13-/m0/s1. The van der Waals surface area contributed by atoms with Crippen LogP contribution in [0.25, 0.3) is 0 Å². The fourth-order valence-electron chi connectivity index (χ4n) is 2.82. The average Bonchev–Trinajstić information content (AvgIpc) is 3.06. The van der Waals surface area contributed by atoms with Crippen molar-refractivity contribution in [3.8, 4) is 11.8 Å². The number of nitrogens with one attached hydrogen (secondary N) is 1. The summed E-state index contributed by atoms with van der Waals surface area (Å²) in [5, 5.41) is 12.2. The van der Waals surface area contributed by atoms with Gasteiger partial charge in [0.1, 0.15) is 17.4 Å². The van der Waals surface area contributed by atoms with Crippen molar-refractivity contribution in [1.82, 2.24) is 0 Å². The van der Waals surface area contributed by atoms with Crippen molar-refractivity contribution < 1.29 is 14.3 Å². The number of rotatable bonds is 6. The van der Waals surface area contributed by atoms with Gasteiger partial charge in [0.15, 0.2) is 0 Å². The summed E-state index contributed by atoms with van der Waals surface area (Å²) in [6.45, 7) is 4.01. The third-order valence-electron chi connectivity index (χ3n) is 4.49. The molecule has 0 aromatic heterocycles.